The topological polar surface area (TPSA) is 103 Å². The standard InChI is InChI=1S/C20H17NO7S/c1-3-27-17(22)11-21-18(23)16(29-20(21)25)10-12-8-9-15(28-12)13-6-4-5-7-14(13)19(24)26-2/h4-10H,3,11H2,1-2H3. The molecule has 1 aliphatic heterocycles. The summed E-state index contributed by atoms with van der Waals surface area (Å²) in [6.45, 7) is 1.36. The fourth-order valence-electron chi connectivity index (χ4n) is 2.66. The van der Waals surface area contributed by atoms with Crippen molar-refractivity contribution in [1.82, 2.24) is 4.90 Å². The van der Waals surface area contributed by atoms with Gasteiger partial charge in [0.25, 0.3) is 11.1 Å². The van der Waals surface area contributed by atoms with Gasteiger partial charge < -0.3 is 13.9 Å². The van der Waals surface area contributed by atoms with Crippen molar-refractivity contribution >= 4 is 40.9 Å². The van der Waals surface area contributed by atoms with Gasteiger partial charge in [-0.1, -0.05) is 18.2 Å². The minimum atomic E-state index is -0.657. The van der Waals surface area contributed by atoms with Crippen molar-refractivity contribution in [2.24, 2.45) is 0 Å². The van der Waals surface area contributed by atoms with E-state index >= 15 is 0 Å². The third-order valence-electron chi connectivity index (χ3n) is 3.96. The van der Waals surface area contributed by atoms with Crippen LogP contribution in [-0.4, -0.2) is 48.2 Å². The van der Waals surface area contributed by atoms with Crippen LogP contribution in [0.2, 0.25) is 0 Å². The molecule has 9 heteroatoms. The maximum absolute atomic E-state index is 12.4. The summed E-state index contributed by atoms with van der Waals surface area (Å²) < 4.78 is 15.3. The van der Waals surface area contributed by atoms with Crippen molar-refractivity contribution in [2.75, 3.05) is 20.3 Å². The highest BCUT2D eigenvalue weighted by molar-refractivity contribution is 8.18. The van der Waals surface area contributed by atoms with E-state index in [0.29, 0.717) is 34.4 Å². The van der Waals surface area contributed by atoms with Gasteiger partial charge in [0.15, 0.2) is 0 Å². The van der Waals surface area contributed by atoms with Gasteiger partial charge >= 0.3 is 11.9 Å². The number of ether oxygens (including phenoxy) is 2. The van der Waals surface area contributed by atoms with E-state index < -0.39 is 29.6 Å². The number of esters is 2. The highest BCUT2D eigenvalue weighted by Crippen LogP contribution is 2.33. The van der Waals surface area contributed by atoms with Crippen molar-refractivity contribution < 1.29 is 33.1 Å². The average Bonchev–Trinajstić information content (AvgIpc) is 3.28. The zero-order chi connectivity index (χ0) is 21.0. The third-order valence-corrected chi connectivity index (χ3v) is 4.87. The van der Waals surface area contributed by atoms with E-state index in [0.717, 1.165) is 4.90 Å². The number of imide groups is 1. The first kappa shape index (κ1) is 20.4. The van der Waals surface area contributed by atoms with E-state index in [2.05, 4.69) is 0 Å². The quantitative estimate of drug-likeness (QED) is 0.523. The number of furan rings is 1. The van der Waals surface area contributed by atoms with Gasteiger partial charge in [0.05, 0.1) is 24.2 Å². The Hall–Kier alpha value is -3.33. The van der Waals surface area contributed by atoms with Crippen LogP contribution in [0.15, 0.2) is 45.7 Å². The third kappa shape index (κ3) is 4.40. The molecule has 2 heterocycles. The maximum Gasteiger partial charge on any atom is 0.338 e. The van der Waals surface area contributed by atoms with Gasteiger partial charge in [-0.25, -0.2) is 4.79 Å². The molecule has 0 unspecified atom stereocenters. The molecule has 29 heavy (non-hydrogen) atoms. The minimum Gasteiger partial charge on any atom is -0.465 e. The summed E-state index contributed by atoms with van der Waals surface area (Å²) in [5.74, 6) is -1.03. The lowest BCUT2D eigenvalue weighted by Crippen LogP contribution is -2.34. The van der Waals surface area contributed by atoms with Gasteiger partial charge in [0.1, 0.15) is 18.1 Å². The van der Waals surface area contributed by atoms with Crippen LogP contribution < -0.4 is 0 Å². The molecule has 2 aromatic rings. The molecule has 1 fully saturated rings. The normalized spacial score (nSPS) is 15.1. The second kappa shape index (κ2) is 8.78. The van der Waals surface area contributed by atoms with Gasteiger partial charge in [-0.2, -0.15) is 0 Å². The molecule has 0 atom stereocenters. The van der Waals surface area contributed by atoms with Gasteiger partial charge in [-0.15, -0.1) is 0 Å². The Bertz CT molecular complexity index is 1010. The highest BCUT2D eigenvalue weighted by atomic mass is 32.2. The molecular weight excluding hydrogens is 398 g/mol. The van der Waals surface area contributed by atoms with Crippen molar-refractivity contribution in [3.63, 3.8) is 0 Å². The molecule has 0 N–H and O–H groups in total. The van der Waals surface area contributed by atoms with E-state index in [1.807, 2.05) is 0 Å². The van der Waals surface area contributed by atoms with Gasteiger partial charge in [0.2, 0.25) is 0 Å². The average molecular weight is 415 g/mol. The van der Waals surface area contributed by atoms with Crippen molar-refractivity contribution in [2.45, 2.75) is 6.92 Å². The molecule has 1 aromatic heterocycles. The summed E-state index contributed by atoms with van der Waals surface area (Å²) in [5, 5.41) is -0.558. The lowest BCUT2D eigenvalue weighted by molar-refractivity contribution is -0.145. The van der Waals surface area contributed by atoms with Crippen LogP contribution in [0.5, 0.6) is 0 Å². The Morgan fingerprint density at radius 2 is 1.93 bits per heavy atom. The zero-order valence-corrected chi connectivity index (χ0v) is 16.5. The van der Waals surface area contributed by atoms with Crippen LogP contribution in [0, 0.1) is 0 Å². The first-order valence-corrected chi connectivity index (χ1v) is 9.44. The summed E-state index contributed by atoms with van der Waals surface area (Å²) >= 11 is 0.710. The van der Waals surface area contributed by atoms with Crippen molar-refractivity contribution in [3.8, 4) is 11.3 Å². The summed E-state index contributed by atoms with van der Waals surface area (Å²) in [6.07, 6.45) is 1.42. The molecule has 0 saturated carbocycles. The van der Waals surface area contributed by atoms with Crippen LogP contribution in [-0.2, 0) is 19.1 Å². The van der Waals surface area contributed by atoms with Crippen LogP contribution in [0.1, 0.15) is 23.0 Å². The summed E-state index contributed by atoms with van der Waals surface area (Å²) in [6, 6.07) is 10.1. The number of nitrogens with zero attached hydrogens (tertiary/aromatic N) is 1. The predicted octanol–water partition coefficient (Wildman–Crippen LogP) is 3.33. The number of carbonyl (C=O) groups excluding carboxylic acids is 4. The smallest absolute Gasteiger partial charge is 0.338 e. The van der Waals surface area contributed by atoms with Gasteiger partial charge in [-0.05, 0) is 36.9 Å². The molecule has 0 bridgehead atoms. The number of hydrogen-bond donors (Lipinski definition) is 0. The van der Waals surface area contributed by atoms with E-state index in [9.17, 15) is 19.2 Å². The number of benzene rings is 1. The molecule has 1 saturated heterocycles. The molecule has 1 aliphatic rings. The number of thioether (sulfide) groups is 1. The second-order valence-electron chi connectivity index (χ2n) is 5.81. The molecule has 0 spiro atoms. The summed E-state index contributed by atoms with van der Waals surface area (Å²) in [4.78, 5) is 48.9. The maximum atomic E-state index is 12.4. The number of rotatable bonds is 6. The molecule has 150 valence electrons. The fraction of sp³-hybridized carbons (Fsp3) is 0.200. The van der Waals surface area contributed by atoms with Crippen LogP contribution >= 0.6 is 11.8 Å². The Kier molecular flexibility index (Phi) is 6.18. The van der Waals surface area contributed by atoms with Crippen LogP contribution in [0.25, 0.3) is 17.4 Å². The summed E-state index contributed by atoms with van der Waals surface area (Å²) in [5.41, 5.74) is 0.875. The number of methoxy groups -OCH3 is 1. The molecule has 3 rings (SSSR count). The lowest BCUT2D eigenvalue weighted by atomic mass is 10.1. The Morgan fingerprint density at radius 3 is 2.66 bits per heavy atom. The fourth-order valence-corrected chi connectivity index (χ4v) is 3.48. The number of amides is 2. The van der Waals surface area contributed by atoms with Crippen LogP contribution in [0.3, 0.4) is 0 Å². The van der Waals surface area contributed by atoms with Gasteiger partial charge in [-0.3, -0.25) is 19.3 Å². The van der Waals surface area contributed by atoms with Crippen LogP contribution in [0.4, 0.5) is 4.79 Å². The van der Waals surface area contributed by atoms with Crippen molar-refractivity contribution in [1.29, 1.82) is 0 Å². The molecule has 2 amide bonds. The van der Waals surface area contributed by atoms with E-state index in [4.69, 9.17) is 13.9 Å². The molecule has 1 aromatic carbocycles. The SMILES string of the molecule is CCOC(=O)CN1C(=O)SC(=Cc2ccc(-c3ccccc3C(=O)OC)o2)C1=O. The van der Waals surface area contributed by atoms with E-state index in [-0.39, 0.29) is 11.5 Å². The summed E-state index contributed by atoms with van der Waals surface area (Å²) in [7, 11) is 1.29. The second-order valence-corrected chi connectivity index (χ2v) is 6.81. The monoisotopic (exact) mass is 415 g/mol. The molecular formula is C20H17NO7S. The predicted molar refractivity (Wildman–Crippen MR) is 105 cm³/mol. The number of hydrogen-bond acceptors (Lipinski definition) is 8. The first-order valence-electron chi connectivity index (χ1n) is 8.63. The zero-order valence-electron chi connectivity index (χ0n) is 15.7. The van der Waals surface area contributed by atoms with Crippen molar-refractivity contribution in [3.05, 3.63) is 52.6 Å². The largest absolute Gasteiger partial charge is 0.465 e. The first-order chi connectivity index (χ1) is 13.9. The molecule has 0 radical (unpaired) electrons. The Balaban J connectivity index is 1.83. The number of carbonyl (C=O) groups is 4. The minimum absolute atomic E-state index is 0.126. The molecule has 8 nitrogen and oxygen atoms in total. The lowest BCUT2D eigenvalue weighted by Gasteiger charge is -2.10. The van der Waals surface area contributed by atoms with E-state index in [1.54, 1.807) is 43.3 Å². The van der Waals surface area contributed by atoms with Gasteiger partial charge in [0, 0.05) is 11.6 Å². The van der Waals surface area contributed by atoms with E-state index in [1.165, 1.54) is 13.2 Å². The molecule has 0 aliphatic carbocycles. The highest BCUT2D eigenvalue weighted by Gasteiger charge is 2.36. The Morgan fingerprint density at radius 1 is 1.17 bits per heavy atom. The Labute approximate surface area is 170 Å².